The maximum Gasteiger partial charge on any atom is 0.339 e. The summed E-state index contributed by atoms with van der Waals surface area (Å²) in [4.78, 5) is 11.1. The first kappa shape index (κ1) is 11.8. The predicted octanol–water partition coefficient (Wildman–Crippen LogP) is 2.21. The topological polar surface area (TPSA) is 62.5 Å². The summed E-state index contributed by atoms with van der Waals surface area (Å²) >= 11 is 0. The lowest BCUT2D eigenvalue weighted by Crippen LogP contribution is -2.10. The molecule has 1 aromatic rings. The van der Waals surface area contributed by atoms with E-state index in [9.17, 15) is 4.79 Å². The van der Waals surface area contributed by atoms with Crippen LogP contribution < -0.4 is 5.32 Å². The first-order chi connectivity index (χ1) is 7.11. The average molecular weight is 211 g/mol. The highest BCUT2D eigenvalue weighted by molar-refractivity contribution is 5.90. The van der Waals surface area contributed by atoms with Crippen molar-refractivity contribution in [3.8, 4) is 0 Å². The maximum atomic E-state index is 11.1. The van der Waals surface area contributed by atoms with Crippen molar-refractivity contribution in [1.82, 2.24) is 5.32 Å². The molecule has 1 unspecified atom stereocenters. The third-order valence-corrected chi connectivity index (χ3v) is 2.59. The Bertz CT molecular complexity index is 344. The average Bonchev–Trinajstić information content (AvgIpc) is 2.61. The highest BCUT2D eigenvalue weighted by Gasteiger charge is 2.22. The van der Waals surface area contributed by atoms with Gasteiger partial charge >= 0.3 is 5.97 Å². The summed E-state index contributed by atoms with van der Waals surface area (Å²) in [5.41, 5.74) is 1.11. The zero-order valence-corrected chi connectivity index (χ0v) is 9.33. The Morgan fingerprint density at radius 3 is 2.80 bits per heavy atom. The Hall–Kier alpha value is -1.29. The number of carbonyl (C=O) groups is 1. The summed E-state index contributed by atoms with van der Waals surface area (Å²) < 4.78 is 5.28. The van der Waals surface area contributed by atoms with Gasteiger partial charge in [0, 0.05) is 5.56 Å². The standard InChI is InChI=1S/C11H17NO3/c1-4-7(2)8-6-15-9(5-12-3)10(8)11(13)14/h6-7,12H,4-5H2,1-3H3,(H,13,14). The smallest absolute Gasteiger partial charge is 0.339 e. The highest BCUT2D eigenvalue weighted by Crippen LogP contribution is 2.27. The molecule has 1 rings (SSSR count). The van der Waals surface area contributed by atoms with E-state index in [-0.39, 0.29) is 5.92 Å². The SMILES string of the molecule is CCC(C)c1coc(CNC)c1C(=O)O. The number of nitrogens with one attached hydrogen (secondary N) is 1. The lowest BCUT2D eigenvalue weighted by Gasteiger charge is -2.06. The molecular formula is C11H17NO3. The molecule has 0 bridgehead atoms. The van der Waals surface area contributed by atoms with Gasteiger partial charge in [0.2, 0.25) is 0 Å². The van der Waals surface area contributed by atoms with Crippen LogP contribution in [0, 0.1) is 0 Å². The highest BCUT2D eigenvalue weighted by atomic mass is 16.4. The first-order valence-electron chi connectivity index (χ1n) is 5.09. The van der Waals surface area contributed by atoms with Crippen LogP contribution in [-0.2, 0) is 6.54 Å². The molecule has 2 N–H and O–H groups in total. The fraction of sp³-hybridized carbons (Fsp3) is 0.545. The molecular weight excluding hydrogens is 194 g/mol. The lowest BCUT2D eigenvalue weighted by atomic mass is 9.96. The van der Waals surface area contributed by atoms with Crippen LogP contribution >= 0.6 is 0 Å². The Labute approximate surface area is 89.3 Å². The largest absolute Gasteiger partial charge is 0.478 e. The van der Waals surface area contributed by atoms with Crippen LogP contribution in [0.25, 0.3) is 0 Å². The van der Waals surface area contributed by atoms with E-state index in [2.05, 4.69) is 5.32 Å². The molecule has 1 aromatic heterocycles. The van der Waals surface area contributed by atoms with Gasteiger partial charge < -0.3 is 14.8 Å². The number of hydrogen-bond donors (Lipinski definition) is 2. The van der Waals surface area contributed by atoms with Crippen LogP contribution in [0.4, 0.5) is 0 Å². The van der Waals surface area contributed by atoms with E-state index < -0.39 is 5.97 Å². The molecule has 4 heteroatoms. The molecule has 0 saturated heterocycles. The molecule has 0 spiro atoms. The van der Waals surface area contributed by atoms with E-state index in [1.807, 2.05) is 13.8 Å². The zero-order chi connectivity index (χ0) is 11.4. The van der Waals surface area contributed by atoms with Crippen LogP contribution in [0.15, 0.2) is 10.7 Å². The minimum atomic E-state index is -0.913. The van der Waals surface area contributed by atoms with Crippen LogP contribution in [0.1, 0.15) is 47.9 Å². The van der Waals surface area contributed by atoms with Crippen molar-refractivity contribution in [2.45, 2.75) is 32.7 Å². The van der Waals surface area contributed by atoms with Crippen LogP contribution in [-0.4, -0.2) is 18.1 Å². The summed E-state index contributed by atoms with van der Waals surface area (Å²) in [6, 6.07) is 0. The van der Waals surface area contributed by atoms with Gasteiger partial charge in [-0.1, -0.05) is 13.8 Å². The molecule has 4 nitrogen and oxygen atoms in total. The van der Waals surface area contributed by atoms with Crippen molar-refractivity contribution < 1.29 is 14.3 Å². The fourth-order valence-electron chi connectivity index (χ4n) is 1.53. The second-order valence-corrected chi connectivity index (χ2v) is 3.63. The van der Waals surface area contributed by atoms with Crippen molar-refractivity contribution in [1.29, 1.82) is 0 Å². The van der Waals surface area contributed by atoms with Gasteiger partial charge in [-0.3, -0.25) is 0 Å². The van der Waals surface area contributed by atoms with Gasteiger partial charge in [0.05, 0.1) is 12.8 Å². The Balaban J connectivity index is 3.11. The van der Waals surface area contributed by atoms with E-state index >= 15 is 0 Å². The second kappa shape index (κ2) is 4.98. The van der Waals surface area contributed by atoms with Gasteiger partial charge in [0.25, 0.3) is 0 Å². The monoisotopic (exact) mass is 211 g/mol. The number of carboxylic acid groups (broad SMARTS) is 1. The van der Waals surface area contributed by atoms with E-state index in [0.717, 1.165) is 12.0 Å². The molecule has 0 saturated carbocycles. The second-order valence-electron chi connectivity index (χ2n) is 3.63. The van der Waals surface area contributed by atoms with Gasteiger partial charge in [-0.2, -0.15) is 0 Å². The summed E-state index contributed by atoms with van der Waals surface area (Å²) in [5.74, 6) is -0.199. The van der Waals surface area contributed by atoms with Crippen LogP contribution in [0.5, 0.6) is 0 Å². The zero-order valence-electron chi connectivity index (χ0n) is 9.33. The molecule has 0 aliphatic rings. The Kier molecular flexibility index (Phi) is 3.91. The Morgan fingerprint density at radius 1 is 1.67 bits per heavy atom. The molecule has 0 amide bonds. The third kappa shape index (κ3) is 2.39. The normalized spacial score (nSPS) is 12.7. The van der Waals surface area contributed by atoms with Gasteiger partial charge in [0.1, 0.15) is 11.3 Å². The van der Waals surface area contributed by atoms with Crippen LogP contribution in [0.3, 0.4) is 0 Å². The van der Waals surface area contributed by atoms with Crippen molar-refractivity contribution in [2.24, 2.45) is 0 Å². The molecule has 1 atom stereocenters. The molecule has 0 aliphatic carbocycles. The van der Waals surface area contributed by atoms with E-state index in [4.69, 9.17) is 9.52 Å². The molecule has 0 aliphatic heterocycles. The van der Waals surface area contributed by atoms with E-state index in [1.54, 1.807) is 13.3 Å². The quantitative estimate of drug-likeness (QED) is 0.783. The van der Waals surface area contributed by atoms with Crippen molar-refractivity contribution >= 4 is 5.97 Å². The van der Waals surface area contributed by atoms with Gasteiger partial charge in [-0.25, -0.2) is 4.79 Å². The lowest BCUT2D eigenvalue weighted by molar-refractivity contribution is 0.0692. The van der Waals surface area contributed by atoms with E-state index in [0.29, 0.717) is 17.9 Å². The molecule has 15 heavy (non-hydrogen) atoms. The fourth-order valence-corrected chi connectivity index (χ4v) is 1.53. The summed E-state index contributed by atoms with van der Waals surface area (Å²) in [6.07, 6.45) is 2.46. The number of carboxylic acids is 1. The van der Waals surface area contributed by atoms with Crippen LogP contribution in [0.2, 0.25) is 0 Å². The summed E-state index contributed by atoms with van der Waals surface area (Å²) in [7, 11) is 1.76. The van der Waals surface area contributed by atoms with Gasteiger partial charge in [-0.05, 0) is 19.4 Å². The maximum absolute atomic E-state index is 11.1. The first-order valence-corrected chi connectivity index (χ1v) is 5.09. The number of hydrogen-bond acceptors (Lipinski definition) is 3. The summed E-state index contributed by atoms with van der Waals surface area (Å²) in [5, 5.41) is 12.0. The number of furan rings is 1. The molecule has 0 fully saturated rings. The van der Waals surface area contributed by atoms with Crippen molar-refractivity contribution in [3.05, 3.63) is 23.2 Å². The summed E-state index contributed by atoms with van der Waals surface area (Å²) in [6.45, 7) is 4.47. The van der Waals surface area contributed by atoms with Crippen molar-refractivity contribution in [2.75, 3.05) is 7.05 Å². The minimum Gasteiger partial charge on any atom is -0.478 e. The van der Waals surface area contributed by atoms with E-state index in [1.165, 1.54) is 0 Å². The third-order valence-electron chi connectivity index (χ3n) is 2.59. The number of rotatable bonds is 5. The molecule has 1 heterocycles. The molecule has 0 radical (unpaired) electrons. The van der Waals surface area contributed by atoms with Gasteiger partial charge in [0.15, 0.2) is 0 Å². The molecule has 84 valence electrons. The molecule has 0 aromatic carbocycles. The Morgan fingerprint density at radius 2 is 2.33 bits per heavy atom. The predicted molar refractivity (Wildman–Crippen MR) is 57.1 cm³/mol. The number of aromatic carboxylic acids is 1. The van der Waals surface area contributed by atoms with Gasteiger partial charge in [-0.15, -0.1) is 0 Å². The van der Waals surface area contributed by atoms with Crippen molar-refractivity contribution in [3.63, 3.8) is 0 Å². The minimum absolute atomic E-state index is 0.213.